The monoisotopic (exact) mass is 277 g/mol. The Kier molecular flexibility index (Phi) is 3.22. The van der Waals surface area contributed by atoms with Crippen molar-refractivity contribution in [1.29, 1.82) is 0 Å². The Balaban J connectivity index is 3.08. The Morgan fingerprint density at radius 3 is 2.67 bits per heavy atom. The highest BCUT2D eigenvalue weighted by molar-refractivity contribution is 14.1. The zero-order chi connectivity index (χ0) is 9.14. The first kappa shape index (κ1) is 9.67. The number of benzene rings is 1. The first-order chi connectivity index (χ1) is 5.63. The van der Waals surface area contributed by atoms with Crippen molar-refractivity contribution in [1.82, 2.24) is 0 Å². The van der Waals surface area contributed by atoms with Gasteiger partial charge in [-0.25, -0.2) is 4.39 Å². The summed E-state index contributed by atoms with van der Waals surface area (Å²) >= 11 is 2.05. The van der Waals surface area contributed by atoms with E-state index in [-0.39, 0.29) is 11.9 Å². The van der Waals surface area contributed by atoms with E-state index in [1.165, 1.54) is 12.1 Å². The van der Waals surface area contributed by atoms with Gasteiger partial charge >= 0.3 is 0 Å². The molecule has 0 aliphatic carbocycles. The molecule has 1 aromatic carbocycles. The van der Waals surface area contributed by atoms with E-state index in [1.807, 2.05) is 6.07 Å². The fourth-order valence-corrected chi connectivity index (χ4v) is 1.56. The molecule has 1 nitrogen and oxygen atoms in total. The molecule has 0 unspecified atom stereocenters. The van der Waals surface area contributed by atoms with Crippen LogP contribution < -0.4 is 5.73 Å². The Bertz CT molecular complexity index is 278. The summed E-state index contributed by atoms with van der Waals surface area (Å²) in [5.74, 6) is -0.255. The largest absolute Gasteiger partial charge is 0.321 e. The Labute approximate surface area is 84.6 Å². The lowest BCUT2D eigenvalue weighted by Gasteiger charge is -2.06. The molecule has 0 saturated carbocycles. The van der Waals surface area contributed by atoms with Gasteiger partial charge in [0.2, 0.25) is 0 Å². The van der Waals surface area contributed by atoms with Gasteiger partial charge in [0.25, 0.3) is 0 Å². The molecule has 64 valence electrons. The summed E-state index contributed by atoms with van der Waals surface area (Å²) in [5.41, 5.74) is 6.40. The lowest BCUT2D eigenvalue weighted by Crippen LogP contribution is -2.06. The Morgan fingerprint density at radius 2 is 2.17 bits per heavy atom. The molecule has 0 aliphatic heterocycles. The van der Waals surface area contributed by atoms with E-state index in [9.17, 15) is 4.39 Å². The highest BCUT2D eigenvalue weighted by atomic mass is 127. The quantitative estimate of drug-likeness (QED) is 0.652. The molecular weight excluding hydrogens is 268 g/mol. The van der Waals surface area contributed by atoms with Gasteiger partial charge in [0.05, 0.1) is 0 Å². The van der Waals surface area contributed by atoms with Gasteiger partial charge in [0.1, 0.15) is 5.82 Å². The van der Waals surface area contributed by atoms with Gasteiger partial charge in [-0.2, -0.15) is 0 Å². The average Bonchev–Trinajstić information content (AvgIpc) is 2.01. The third-order valence-corrected chi connectivity index (χ3v) is 2.15. The van der Waals surface area contributed by atoms with Crippen molar-refractivity contribution in [2.45, 2.75) is 6.04 Å². The molecule has 0 aliphatic rings. The zero-order valence-electron chi connectivity index (χ0n) is 6.43. The standard InChI is InChI=1S/C9H9FIN/c1-2-9(12)6-3-7(10)5-8(11)4-6/h2-5,9H,1,12H2/t9-/m1/s1. The molecule has 1 aromatic rings. The number of hydrogen-bond donors (Lipinski definition) is 1. The van der Waals surface area contributed by atoms with Crippen molar-refractivity contribution in [3.05, 3.63) is 45.8 Å². The number of halogens is 2. The fraction of sp³-hybridized carbons (Fsp3) is 0.111. The van der Waals surface area contributed by atoms with E-state index in [2.05, 4.69) is 29.2 Å². The molecule has 0 saturated heterocycles. The van der Waals surface area contributed by atoms with Crippen molar-refractivity contribution in [3.63, 3.8) is 0 Å². The van der Waals surface area contributed by atoms with Gasteiger partial charge in [0, 0.05) is 9.61 Å². The van der Waals surface area contributed by atoms with Crippen LogP contribution in [-0.4, -0.2) is 0 Å². The number of rotatable bonds is 2. The van der Waals surface area contributed by atoms with E-state index < -0.39 is 0 Å². The van der Waals surface area contributed by atoms with Crippen LogP contribution in [0.5, 0.6) is 0 Å². The Morgan fingerprint density at radius 1 is 1.50 bits per heavy atom. The second kappa shape index (κ2) is 4.00. The fourth-order valence-electron chi connectivity index (χ4n) is 0.904. The minimum atomic E-state index is -0.283. The lowest BCUT2D eigenvalue weighted by atomic mass is 10.1. The van der Waals surface area contributed by atoms with Crippen LogP contribution in [0.25, 0.3) is 0 Å². The summed E-state index contributed by atoms with van der Waals surface area (Å²) in [4.78, 5) is 0. The van der Waals surface area contributed by atoms with Crippen molar-refractivity contribution in [2.24, 2.45) is 5.73 Å². The van der Waals surface area contributed by atoms with Crippen LogP contribution >= 0.6 is 22.6 Å². The second-order valence-electron chi connectivity index (χ2n) is 2.46. The average molecular weight is 277 g/mol. The first-order valence-electron chi connectivity index (χ1n) is 3.47. The molecule has 0 spiro atoms. The molecule has 0 heterocycles. The van der Waals surface area contributed by atoms with Crippen molar-refractivity contribution in [2.75, 3.05) is 0 Å². The summed E-state index contributed by atoms with van der Waals surface area (Å²) in [6, 6.07) is 4.44. The van der Waals surface area contributed by atoms with Crippen LogP contribution in [0.4, 0.5) is 4.39 Å². The van der Waals surface area contributed by atoms with Crippen LogP contribution in [0.2, 0.25) is 0 Å². The summed E-state index contributed by atoms with van der Waals surface area (Å²) in [6.45, 7) is 3.55. The van der Waals surface area contributed by atoms with Gasteiger partial charge in [0.15, 0.2) is 0 Å². The maximum absolute atomic E-state index is 12.8. The molecular formula is C9H9FIN. The predicted octanol–water partition coefficient (Wildman–Crippen LogP) is 2.62. The maximum atomic E-state index is 12.8. The first-order valence-corrected chi connectivity index (χ1v) is 4.55. The molecule has 0 bridgehead atoms. The number of nitrogens with two attached hydrogens (primary N) is 1. The van der Waals surface area contributed by atoms with E-state index in [4.69, 9.17) is 5.73 Å². The smallest absolute Gasteiger partial charge is 0.124 e. The third-order valence-electron chi connectivity index (χ3n) is 1.52. The Hall–Kier alpha value is -0.420. The maximum Gasteiger partial charge on any atom is 0.124 e. The van der Waals surface area contributed by atoms with Crippen LogP contribution in [0.3, 0.4) is 0 Å². The third kappa shape index (κ3) is 2.28. The molecule has 0 aromatic heterocycles. The van der Waals surface area contributed by atoms with Crippen LogP contribution in [0, 0.1) is 9.39 Å². The van der Waals surface area contributed by atoms with Crippen LogP contribution in [0.1, 0.15) is 11.6 Å². The summed E-state index contributed by atoms with van der Waals surface area (Å²) in [7, 11) is 0. The molecule has 3 heteroatoms. The zero-order valence-corrected chi connectivity index (χ0v) is 8.58. The minimum absolute atomic E-state index is 0.255. The normalized spacial score (nSPS) is 12.6. The van der Waals surface area contributed by atoms with E-state index in [1.54, 1.807) is 6.08 Å². The van der Waals surface area contributed by atoms with Gasteiger partial charge in [-0.1, -0.05) is 6.08 Å². The molecule has 0 radical (unpaired) electrons. The molecule has 0 amide bonds. The van der Waals surface area contributed by atoms with Crippen LogP contribution in [0.15, 0.2) is 30.9 Å². The highest BCUT2D eigenvalue weighted by Gasteiger charge is 2.03. The van der Waals surface area contributed by atoms with Gasteiger partial charge < -0.3 is 5.73 Å². The van der Waals surface area contributed by atoms with E-state index in [0.29, 0.717) is 0 Å². The van der Waals surface area contributed by atoms with Crippen molar-refractivity contribution in [3.8, 4) is 0 Å². The van der Waals surface area contributed by atoms with Crippen LogP contribution in [-0.2, 0) is 0 Å². The highest BCUT2D eigenvalue weighted by Crippen LogP contribution is 2.16. The predicted molar refractivity (Wildman–Crippen MR) is 56.2 cm³/mol. The second-order valence-corrected chi connectivity index (χ2v) is 3.71. The lowest BCUT2D eigenvalue weighted by molar-refractivity contribution is 0.623. The summed E-state index contributed by atoms with van der Waals surface area (Å²) in [6.07, 6.45) is 1.59. The molecule has 1 atom stereocenters. The van der Waals surface area contributed by atoms with Gasteiger partial charge in [-0.05, 0) is 46.4 Å². The molecule has 2 N–H and O–H groups in total. The van der Waals surface area contributed by atoms with Gasteiger partial charge in [-0.15, -0.1) is 6.58 Å². The minimum Gasteiger partial charge on any atom is -0.321 e. The molecule has 12 heavy (non-hydrogen) atoms. The molecule has 1 rings (SSSR count). The number of hydrogen-bond acceptors (Lipinski definition) is 1. The van der Waals surface area contributed by atoms with Crippen molar-refractivity contribution >= 4 is 22.6 Å². The summed E-state index contributed by atoms with van der Waals surface area (Å²) in [5, 5.41) is 0. The molecule has 0 fully saturated rings. The SMILES string of the molecule is C=C[C@@H](N)c1cc(F)cc(I)c1. The van der Waals surface area contributed by atoms with E-state index in [0.717, 1.165) is 9.13 Å². The van der Waals surface area contributed by atoms with Gasteiger partial charge in [-0.3, -0.25) is 0 Å². The van der Waals surface area contributed by atoms with E-state index >= 15 is 0 Å². The summed E-state index contributed by atoms with van der Waals surface area (Å²) < 4.78 is 13.7. The van der Waals surface area contributed by atoms with Crippen molar-refractivity contribution < 1.29 is 4.39 Å². The topological polar surface area (TPSA) is 26.0 Å².